The molecule has 0 aliphatic heterocycles. The molecule has 5 nitrogen and oxygen atoms in total. The molecule has 1 saturated carbocycles. The summed E-state index contributed by atoms with van der Waals surface area (Å²) in [5, 5.41) is 0. The fraction of sp³-hybridized carbons (Fsp3) is 0.500. The van der Waals surface area contributed by atoms with Crippen LogP contribution in [-0.2, 0) is 10.0 Å². The summed E-state index contributed by atoms with van der Waals surface area (Å²) in [6, 6.07) is 6.55. The maximum Gasteiger partial charge on any atom is 0.242 e. The number of nitrogens with two attached hydrogens (primary N) is 1. The van der Waals surface area contributed by atoms with Gasteiger partial charge in [0.2, 0.25) is 10.0 Å². The molecule has 100 valence electrons. The number of hydrazine groups is 1. The summed E-state index contributed by atoms with van der Waals surface area (Å²) in [6.07, 6.45) is 3.33. The van der Waals surface area contributed by atoms with Gasteiger partial charge in [0.25, 0.3) is 0 Å². The number of nitrogens with one attached hydrogen (secondary N) is 2. The normalized spacial score (nSPS) is 17.4. The highest BCUT2D eigenvalue weighted by Gasteiger charge is 2.26. The molecule has 1 atom stereocenters. The van der Waals surface area contributed by atoms with Crippen LogP contribution in [0.4, 0.5) is 5.69 Å². The van der Waals surface area contributed by atoms with Gasteiger partial charge in [-0.25, -0.2) is 13.1 Å². The Labute approximate surface area is 108 Å². The molecule has 1 aliphatic carbocycles. The van der Waals surface area contributed by atoms with Gasteiger partial charge < -0.3 is 5.43 Å². The minimum Gasteiger partial charge on any atom is -0.323 e. The standard InChI is InChI=1S/C12H19N3O2S/c1-9(8-10-6-7-10)15-18(16,17)12-5-3-2-4-11(12)14-13/h2-5,9-10,14-15H,6-8,13H2,1H3. The average Bonchev–Trinajstić information content (AvgIpc) is 3.12. The molecule has 4 N–H and O–H groups in total. The molecule has 1 aliphatic rings. The maximum absolute atomic E-state index is 12.2. The molecule has 0 radical (unpaired) electrons. The second-order valence-corrected chi connectivity index (χ2v) is 6.52. The molecule has 18 heavy (non-hydrogen) atoms. The lowest BCUT2D eigenvalue weighted by Gasteiger charge is -2.15. The molecule has 6 heteroatoms. The largest absolute Gasteiger partial charge is 0.323 e. The van der Waals surface area contributed by atoms with Crippen molar-refractivity contribution in [3.8, 4) is 0 Å². The van der Waals surface area contributed by atoms with Crippen LogP contribution in [0.25, 0.3) is 0 Å². The highest BCUT2D eigenvalue weighted by Crippen LogP contribution is 2.33. The third-order valence-electron chi connectivity index (χ3n) is 3.07. The third kappa shape index (κ3) is 3.22. The molecule has 1 fully saturated rings. The van der Waals surface area contributed by atoms with Gasteiger partial charge in [-0.15, -0.1) is 0 Å². The van der Waals surface area contributed by atoms with E-state index in [4.69, 9.17) is 5.84 Å². The third-order valence-corrected chi connectivity index (χ3v) is 4.72. The number of anilines is 1. The molecule has 0 spiro atoms. The molecule has 1 unspecified atom stereocenters. The molecule has 1 aromatic carbocycles. The Kier molecular flexibility index (Phi) is 3.89. The number of para-hydroxylation sites is 1. The maximum atomic E-state index is 12.2. The quantitative estimate of drug-likeness (QED) is 0.539. The van der Waals surface area contributed by atoms with E-state index in [0.29, 0.717) is 11.6 Å². The summed E-state index contributed by atoms with van der Waals surface area (Å²) in [5.41, 5.74) is 2.82. The van der Waals surface area contributed by atoms with Crippen molar-refractivity contribution in [2.45, 2.75) is 37.1 Å². The van der Waals surface area contributed by atoms with Crippen LogP contribution in [0.5, 0.6) is 0 Å². The zero-order chi connectivity index (χ0) is 13.2. The fourth-order valence-corrected chi connectivity index (χ4v) is 3.48. The van der Waals surface area contributed by atoms with E-state index in [2.05, 4.69) is 10.1 Å². The first-order chi connectivity index (χ1) is 8.53. The van der Waals surface area contributed by atoms with E-state index in [1.807, 2.05) is 6.92 Å². The second-order valence-electron chi connectivity index (χ2n) is 4.84. The molecule has 0 amide bonds. The van der Waals surface area contributed by atoms with E-state index >= 15 is 0 Å². The molecular formula is C12H19N3O2S. The van der Waals surface area contributed by atoms with Crippen LogP contribution in [0.2, 0.25) is 0 Å². The number of benzene rings is 1. The van der Waals surface area contributed by atoms with Crippen LogP contribution >= 0.6 is 0 Å². The van der Waals surface area contributed by atoms with Crippen molar-refractivity contribution < 1.29 is 8.42 Å². The summed E-state index contributed by atoms with van der Waals surface area (Å²) in [5.74, 6) is 6.01. The summed E-state index contributed by atoms with van der Waals surface area (Å²) < 4.78 is 27.1. The lowest BCUT2D eigenvalue weighted by Crippen LogP contribution is -2.33. The Bertz CT molecular complexity index is 512. The number of nitrogen functional groups attached to an aromatic ring is 1. The number of hydrogen-bond donors (Lipinski definition) is 3. The van der Waals surface area contributed by atoms with E-state index < -0.39 is 10.0 Å². The van der Waals surface area contributed by atoms with Gasteiger partial charge in [-0.1, -0.05) is 25.0 Å². The van der Waals surface area contributed by atoms with Crippen molar-refractivity contribution in [2.75, 3.05) is 5.43 Å². The van der Waals surface area contributed by atoms with Crippen LogP contribution < -0.4 is 16.0 Å². The highest BCUT2D eigenvalue weighted by molar-refractivity contribution is 7.89. The van der Waals surface area contributed by atoms with Crippen LogP contribution in [-0.4, -0.2) is 14.5 Å². The Hall–Kier alpha value is -1.11. The number of rotatable bonds is 6. The minimum atomic E-state index is -3.51. The molecule has 0 aromatic heterocycles. The number of sulfonamides is 1. The molecular weight excluding hydrogens is 250 g/mol. The van der Waals surface area contributed by atoms with Crippen molar-refractivity contribution in [3.63, 3.8) is 0 Å². The molecule has 0 bridgehead atoms. The van der Waals surface area contributed by atoms with Crippen molar-refractivity contribution in [2.24, 2.45) is 11.8 Å². The van der Waals surface area contributed by atoms with Crippen molar-refractivity contribution >= 4 is 15.7 Å². The Morgan fingerprint density at radius 1 is 1.39 bits per heavy atom. The summed E-state index contributed by atoms with van der Waals surface area (Å²) >= 11 is 0. The SMILES string of the molecule is CC(CC1CC1)NS(=O)(=O)c1ccccc1NN. The van der Waals surface area contributed by atoms with E-state index in [1.165, 1.54) is 12.8 Å². The zero-order valence-electron chi connectivity index (χ0n) is 10.4. The van der Waals surface area contributed by atoms with Crippen LogP contribution in [0.1, 0.15) is 26.2 Å². The fourth-order valence-electron chi connectivity index (χ4n) is 2.05. The van der Waals surface area contributed by atoms with Crippen LogP contribution in [0.15, 0.2) is 29.2 Å². The van der Waals surface area contributed by atoms with Gasteiger partial charge in [-0.3, -0.25) is 5.84 Å². The van der Waals surface area contributed by atoms with Gasteiger partial charge in [0.1, 0.15) is 4.90 Å². The van der Waals surface area contributed by atoms with E-state index in [1.54, 1.807) is 24.3 Å². The smallest absolute Gasteiger partial charge is 0.242 e. The molecule has 1 aromatic rings. The van der Waals surface area contributed by atoms with Gasteiger partial charge in [0.15, 0.2) is 0 Å². The van der Waals surface area contributed by atoms with Gasteiger partial charge in [-0.2, -0.15) is 0 Å². The first-order valence-corrected chi connectivity index (χ1v) is 7.59. The van der Waals surface area contributed by atoms with Crippen LogP contribution in [0.3, 0.4) is 0 Å². The predicted octanol–water partition coefficient (Wildman–Crippen LogP) is 1.44. The Morgan fingerprint density at radius 3 is 2.67 bits per heavy atom. The monoisotopic (exact) mass is 269 g/mol. The van der Waals surface area contributed by atoms with Crippen molar-refractivity contribution in [3.05, 3.63) is 24.3 Å². The molecule has 2 rings (SSSR count). The topological polar surface area (TPSA) is 84.2 Å². The Morgan fingerprint density at radius 2 is 2.06 bits per heavy atom. The van der Waals surface area contributed by atoms with Gasteiger partial charge in [0.05, 0.1) is 5.69 Å². The first-order valence-electron chi connectivity index (χ1n) is 6.11. The van der Waals surface area contributed by atoms with Gasteiger partial charge in [0, 0.05) is 6.04 Å². The first kappa shape index (κ1) is 13.3. The number of hydrogen-bond acceptors (Lipinski definition) is 4. The lowest BCUT2D eigenvalue weighted by atomic mass is 10.2. The van der Waals surface area contributed by atoms with Gasteiger partial charge in [-0.05, 0) is 31.4 Å². The summed E-state index contributed by atoms with van der Waals surface area (Å²) in [6.45, 7) is 1.90. The van der Waals surface area contributed by atoms with Gasteiger partial charge >= 0.3 is 0 Å². The van der Waals surface area contributed by atoms with Crippen LogP contribution in [0, 0.1) is 5.92 Å². The molecule has 0 saturated heterocycles. The van der Waals surface area contributed by atoms with Crippen molar-refractivity contribution in [1.82, 2.24) is 4.72 Å². The average molecular weight is 269 g/mol. The highest BCUT2D eigenvalue weighted by atomic mass is 32.2. The summed E-state index contributed by atoms with van der Waals surface area (Å²) in [4.78, 5) is 0.190. The zero-order valence-corrected chi connectivity index (χ0v) is 11.2. The molecule has 0 heterocycles. The summed E-state index contributed by atoms with van der Waals surface area (Å²) in [7, 11) is -3.51. The predicted molar refractivity (Wildman–Crippen MR) is 71.4 cm³/mol. The van der Waals surface area contributed by atoms with Crippen molar-refractivity contribution in [1.29, 1.82) is 0 Å². The van der Waals surface area contributed by atoms with E-state index in [-0.39, 0.29) is 10.9 Å². The van der Waals surface area contributed by atoms with E-state index in [0.717, 1.165) is 6.42 Å². The van der Waals surface area contributed by atoms with E-state index in [9.17, 15) is 8.42 Å². The lowest BCUT2D eigenvalue weighted by molar-refractivity contribution is 0.530. The Balaban J connectivity index is 2.13. The minimum absolute atomic E-state index is 0.0478. The second kappa shape index (κ2) is 5.26.